The molecular weight excluding hydrogens is 276 g/mol. The summed E-state index contributed by atoms with van der Waals surface area (Å²) in [6, 6.07) is 0. The molecule has 1 atom stereocenters. The first-order chi connectivity index (χ1) is 10.2. The topological polar surface area (TPSA) is 35.5 Å². The normalized spacial score (nSPS) is 14.6. The van der Waals surface area contributed by atoms with E-state index in [2.05, 4.69) is 26.8 Å². The smallest absolute Gasteiger partial charge is 0.331 e. The van der Waals surface area contributed by atoms with Gasteiger partial charge in [0.05, 0.1) is 11.7 Å². The van der Waals surface area contributed by atoms with Crippen LogP contribution in [-0.4, -0.2) is 24.8 Å². The molecule has 0 heterocycles. The highest BCUT2D eigenvalue weighted by molar-refractivity contribution is 5.83. The van der Waals surface area contributed by atoms with Crippen LogP contribution in [0.3, 0.4) is 0 Å². The van der Waals surface area contributed by atoms with Crippen LogP contribution in [0.5, 0.6) is 0 Å². The summed E-state index contributed by atoms with van der Waals surface area (Å²) in [5.74, 6) is 0.367. The molecule has 0 saturated carbocycles. The van der Waals surface area contributed by atoms with Crippen LogP contribution in [0.1, 0.15) is 67.2 Å². The third-order valence-electron chi connectivity index (χ3n) is 3.64. The Morgan fingerprint density at radius 3 is 2.41 bits per heavy atom. The fraction of sp³-hybridized carbons (Fsp3) is 0.737. The van der Waals surface area contributed by atoms with Crippen molar-refractivity contribution in [3.05, 3.63) is 23.8 Å². The average Bonchev–Trinajstić information content (AvgIpc) is 2.37. The predicted molar refractivity (Wildman–Crippen MR) is 92.8 cm³/mol. The molecule has 0 saturated heterocycles. The second-order valence-electron chi connectivity index (χ2n) is 6.97. The van der Waals surface area contributed by atoms with E-state index in [0.29, 0.717) is 5.92 Å². The fourth-order valence-corrected chi connectivity index (χ4v) is 2.08. The summed E-state index contributed by atoms with van der Waals surface area (Å²) in [6.45, 7) is 12.1. The van der Waals surface area contributed by atoms with Gasteiger partial charge in [-0.05, 0) is 59.0 Å². The Kier molecular flexibility index (Phi) is 10.1. The molecule has 0 aliphatic heterocycles. The van der Waals surface area contributed by atoms with E-state index in [1.807, 2.05) is 26.8 Å². The summed E-state index contributed by atoms with van der Waals surface area (Å²) in [7, 11) is 1.77. The molecular formula is C19H34O3. The lowest BCUT2D eigenvalue weighted by molar-refractivity contribution is -0.141. The standard InChI is InChI=1S/C19H34O3/c1-15(2)22-18(20)14-17(4)11-8-10-16(3)12-9-13-19(5,6)21-7/h8,11,14-16H,9-10,12-13H2,1-7H3/b11-8+,17-14-/t16-/m1/s1. The van der Waals surface area contributed by atoms with E-state index < -0.39 is 0 Å². The maximum absolute atomic E-state index is 11.5. The van der Waals surface area contributed by atoms with Crippen LogP contribution >= 0.6 is 0 Å². The molecule has 0 aliphatic rings. The van der Waals surface area contributed by atoms with Gasteiger partial charge in [0, 0.05) is 13.2 Å². The summed E-state index contributed by atoms with van der Waals surface area (Å²) >= 11 is 0. The van der Waals surface area contributed by atoms with E-state index in [1.165, 1.54) is 12.8 Å². The van der Waals surface area contributed by atoms with E-state index in [1.54, 1.807) is 13.2 Å². The Balaban J connectivity index is 4.05. The highest BCUT2D eigenvalue weighted by Gasteiger charge is 2.15. The predicted octanol–water partition coefficient (Wildman–Crippen LogP) is 5.06. The van der Waals surface area contributed by atoms with Crippen molar-refractivity contribution in [2.75, 3.05) is 7.11 Å². The molecule has 0 fully saturated rings. The lowest BCUT2D eigenvalue weighted by Crippen LogP contribution is -2.22. The zero-order chi connectivity index (χ0) is 17.2. The van der Waals surface area contributed by atoms with Gasteiger partial charge in [-0.25, -0.2) is 4.79 Å². The van der Waals surface area contributed by atoms with Gasteiger partial charge in [0.2, 0.25) is 0 Å². The molecule has 0 N–H and O–H groups in total. The minimum atomic E-state index is -0.271. The minimum Gasteiger partial charge on any atom is -0.460 e. The van der Waals surface area contributed by atoms with Crippen LogP contribution in [0, 0.1) is 5.92 Å². The van der Waals surface area contributed by atoms with E-state index in [4.69, 9.17) is 9.47 Å². The first-order valence-electron chi connectivity index (χ1n) is 8.27. The van der Waals surface area contributed by atoms with E-state index in [9.17, 15) is 4.79 Å². The summed E-state index contributed by atoms with van der Waals surface area (Å²) in [4.78, 5) is 11.5. The summed E-state index contributed by atoms with van der Waals surface area (Å²) in [5.41, 5.74) is 0.907. The molecule has 0 unspecified atom stereocenters. The minimum absolute atomic E-state index is 0.0222. The second kappa shape index (κ2) is 10.6. The van der Waals surface area contributed by atoms with Gasteiger partial charge in [-0.15, -0.1) is 0 Å². The maximum Gasteiger partial charge on any atom is 0.331 e. The highest BCUT2D eigenvalue weighted by atomic mass is 16.5. The van der Waals surface area contributed by atoms with Crippen molar-refractivity contribution in [2.45, 2.75) is 78.9 Å². The van der Waals surface area contributed by atoms with Gasteiger partial charge in [-0.3, -0.25) is 0 Å². The van der Waals surface area contributed by atoms with Crippen LogP contribution in [0.25, 0.3) is 0 Å². The number of ether oxygens (including phenoxy) is 2. The van der Waals surface area contributed by atoms with Crippen LogP contribution in [0.4, 0.5) is 0 Å². The van der Waals surface area contributed by atoms with E-state index in [0.717, 1.165) is 18.4 Å². The lowest BCUT2D eigenvalue weighted by Gasteiger charge is -2.23. The monoisotopic (exact) mass is 310 g/mol. The van der Waals surface area contributed by atoms with Gasteiger partial charge in [0.25, 0.3) is 0 Å². The molecule has 3 nitrogen and oxygen atoms in total. The molecule has 0 spiro atoms. The Bertz CT molecular complexity index is 378. The van der Waals surface area contributed by atoms with E-state index >= 15 is 0 Å². The second-order valence-corrected chi connectivity index (χ2v) is 6.97. The molecule has 0 amide bonds. The average molecular weight is 310 g/mol. The lowest BCUT2D eigenvalue weighted by atomic mass is 9.95. The van der Waals surface area contributed by atoms with Crippen molar-refractivity contribution in [1.82, 2.24) is 0 Å². The fourth-order valence-electron chi connectivity index (χ4n) is 2.08. The van der Waals surface area contributed by atoms with Crippen LogP contribution < -0.4 is 0 Å². The van der Waals surface area contributed by atoms with Crippen molar-refractivity contribution < 1.29 is 14.3 Å². The largest absolute Gasteiger partial charge is 0.460 e. The SMILES string of the molecule is COC(C)(C)CCC[C@H](C)C/C=C/C(C)=C\C(=O)OC(C)C. The number of rotatable bonds is 10. The Hall–Kier alpha value is -1.09. The molecule has 0 aromatic heterocycles. The van der Waals surface area contributed by atoms with Gasteiger partial charge in [0.1, 0.15) is 0 Å². The van der Waals surface area contributed by atoms with Gasteiger partial charge in [0.15, 0.2) is 0 Å². The quantitative estimate of drug-likeness (QED) is 0.321. The number of esters is 1. The zero-order valence-corrected chi connectivity index (χ0v) is 15.4. The van der Waals surface area contributed by atoms with Gasteiger partial charge >= 0.3 is 5.97 Å². The third-order valence-corrected chi connectivity index (χ3v) is 3.64. The van der Waals surface area contributed by atoms with Gasteiger partial charge in [-0.2, -0.15) is 0 Å². The first-order valence-corrected chi connectivity index (χ1v) is 8.27. The summed E-state index contributed by atoms with van der Waals surface area (Å²) in [5, 5.41) is 0. The van der Waals surface area contributed by atoms with Gasteiger partial charge < -0.3 is 9.47 Å². The highest BCUT2D eigenvalue weighted by Crippen LogP contribution is 2.20. The molecule has 3 heteroatoms. The zero-order valence-electron chi connectivity index (χ0n) is 15.4. The Labute approximate surface area is 136 Å². The molecule has 22 heavy (non-hydrogen) atoms. The first kappa shape index (κ1) is 20.9. The maximum atomic E-state index is 11.5. The van der Waals surface area contributed by atoms with Crippen LogP contribution in [0.2, 0.25) is 0 Å². The number of hydrogen-bond donors (Lipinski definition) is 0. The van der Waals surface area contributed by atoms with Crippen molar-refractivity contribution in [3.63, 3.8) is 0 Å². The Morgan fingerprint density at radius 2 is 1.86 bits per heavy atom. The molecule has 0 rings (SSSR count). The molecule has 0 aromatic rings. The van der Waals surface area contributed by atoms with Crippen LogP contribution in [-0.2, 0) is 14.3 Å². The van der Waals surface area contributed by atoms with Crippen LogP contribution in [0.15, 0.2) is 23.8 Å². The van der Waals surface area contributed by atoms with Crippen molar-refractivity contribution in [1.29, 1.82) is 0 Å². The summed E-state index contributed by atoms with van der Waals surface area (Å²) < 4.78 is 10.5. The molecule has 0 aromatic carbocycles. The molecule has 0 bridgehead atoms. The number of allylic oxidation sites excluding steroid dienone is 3. The van der Waals surface area contributed by atoms with Crippen molar-refractivity contribution in [2.24, 2.45) is 5.92 Å². The molecule has 0 radical (unpaired) electrons. The number of methoxy groups -OCH3 is 1. The van der Waals surface area contributed by atoms with Crippen molar-refractivity contribution >= 4 is 5.97 Å². The third kappa shape index (κ3) is 11.6. The Morgan fingerprint density at radius 1 is 1.23 bits per heavy atom. The summed E-state index contributed by atoms with van der Waals surface area (Å²) in [6.07, 6.45) is 10.1. The van der Waals surface area contributed by atoms with Crippen molar-refractivity contribution in [3.8, 4) is 0 Å². The number of carbonyl (C=O) groups is 1. The molecule has 0 aliphatic carbocycles. The molecule has 128 valence electrons. The number of carbonyl (C=O) groups excluding carboxylic acids is 1. The van der Waals surface area contributed by atoms with Gasteiger partial charge in [-0.1, -0.05) is 31.9 Å². The van der Waals surface area contributed by atoms with E-state index in [-0.39, 0.29) is 17.7 Å². The number of hydrogen-bond acceptors (Lipinski definition) is 3.